The number of alkyl halides is 2. The van der Waals surface area contributed by atoms with Gasteiger partial charge in [0.2, 0.25) is 0 Å². The van der Waals surface area contributed by atoms with Crippen LogP contribution in [0.3, 0.4) is 0 Å². The molecule has 1 N–H and O–H groups in total. The molecule has 2 aromatic rings. The number of aromatic nitrogens is 3. The lowest BCUT2D eigenvalue weighted by Gasteiger charge is -2.22. The molecule has 0 radical (unpaired) electrons. The quantitative estimate of drug-likeness (QED) is 0.677. The van der Waals surface area contributed by atoms with Crippen LogP contribution in [0.5, 0.6) is 0 Å². The van der Waals surface area contributed by atoms with E-state index in [-0.39, 0.29) is 22.1 Å². The van der Waals surface area contributed by atoms with Crippen LogP contribution in [0.15, 0.2) is 23.4 Å². The summed E-state index contributed by atoms with van der Waals surface area (Å²) in [5.41, 5.74) is -0.461. The highest BCUT2D eigenvalue weighted by Crippen LogP contribution is 2.32. The van der Waals surface area contributed by atoms with Gasteiger partial charge in [-0.05, 0) is 37.8 Å². The van der Waals surface area contributed by atoms with Gasteiger partial charge >= 0.3 is 0 Å². The number of rotatable bonds is 7. The van der Waals surface area contributed by atoms with Gasteiger partial charge in [0.05, 0.1) is 17.4 Å². The average molecular weight is 426 g/mol. The van der Waals surface area contributed by atoms with Crippen molar-refractivity contribution in [1.29, 1.82) is 0 Å². The molecule has 158 valence electrons. The van der Waals surface area contributed by atoms with Crippen molar-refractivity contribution in [2.24, 2.45) is 5.92 Å². The number of ketones is 1. The molecule has 7 nitrogen and oxygen atoms in total. The zero-order chi connectivity index (χ0) is 21.2. The third kappa shape index (κ3) is 4.80. The van der Waals surface area contributed by atoms with Crippen LogP contribution in [0, 0.1) is 5.92 Å². The SMILES string of the molecule is CC(=O)c1c(C(F)F)nn(-c2ccc(S(C)(=O)=O)nc2)c1NCC1CCCCC1. The van der Waals surface area contributed by atoms with Gasteiger partial charge in [0.25, 0.3) is 6.43 Å². The van der Waals surface area contributed by atoms with E-state index >= 15 is 0 Å². The van der Waals surface area contributed by atoms with E-state index < -0.39 is 27.7 Å². The second-order valence-corrected chi connectivity index (χ2v) is 9.35. The number of pyridine rings is 1. The van der Waals surface area contributed by atoms with Gasteiger partial charge in [0.15, 0.2) is 20.6 Å². The highest BCUT2D eigenvalue weighted by atomic mass is 32.2. The van der Waals surface area contributed by atoms with Gasteiger partial charge < -0.3 is 5.32 Å². The zero-order valence-corrected chi connectivity index (χ0v) is 17.2. The third-order valence-corrected chi connectivity index (χ3v) is 6.10. The van der Waals surface area contributed by atoms with E-state index in [0.29, 0.717) is 12.5 Å². The van der Waals surface area contributed by atoms with Crippen molar-refractivity contribution < 1.29 is 22.0 Å². The Kier molecular flexibility index (Phi) is 6.30. The van der Waals surface area contributed by atoms with Crippen molar-refractivity contribution in [1.82, 2.24) is 14.8 Å². The Balaban J connectivity index is 2.02. The highest BCUT2D eigenvalue weighted by Gasteiger charge is 2.28. The normalized spacial score (nSPS) is 15.6. The molecule has 0 atom stereocenters. The Labute approximate surface area is 168 Å². The third-order valence-electron chi connectivity index (χ3n) is 5.10. The minimum Gasteiger partial charge on any atom is -0.369 e. The van der Waals surface area contributed by atoms with Gasteiger partial charge in [-0.3, -0.25) is 4.79 Å². The van der Waals surface area contributed by atoms with Crippen LogP contribution in [0.25, 0.3) is 5.69 Å². The number of carbonyl (C=O) groups is 1. The summed E-state index contributed by atoms with van der Waals surface area (Å²) in [6.45, 7) is 1.77. The van der Waals surface area contributed by atoms with Crippen LogP contribution in [0.2, 0.25) is 0 Å². The van der Waals surface area contributed by atoms with Gasteiger partial charge in [0, 0.05) is 12.8 Å². The number of hydrogen-bond acceptors (Lipinski definition) is 6. The summed E-state index contributed by atoms with van der Waals surface area (Å²) in [4.78, 5) is 16.0. The maximum absolute atomic E-state index is 13.6. The Morgan fingerprint density at radius 1 is 1.28 bits per heavy atom. The lowest BCUT2D eigenvalue weighted by molar-refractivity contribution is 0.0998. The number of carbonyl (C=O) groups excluding carboxylic acids is 1. The first-order valence-corrected chi connectivity index (χ1v) is 11.4. The Bertz CT molecular complexity index is 982. The second kappa shape index (κ2) is 8.56. The molecular formula is C19H24F2N4O3S. The monoisotopic (exact) mass is 426 g/mol. The summed E-state index contributed by atoms with van der Waals surface area (Å²) in [5.74, 6) is 0.0679. The van der Waals surface area contributed by atoms with E-state index in [1.165, 1.54) is 36.4 Å². The number of sulfone groups is 1. The average Bonchev–Trinajstić information content (AvgIpc) is 3.07. The van der Waals surface area contributed by atoms with Gasteiger partial charge in [-0.15, -0.1) is 0 Å². The van der Waals surface area contributed by atoms with Crippen molar-refractivity contribution in [2.75, 3.05) is 18.1 Å². The standard InChI is InChI=1S/C19H24F2N4O3S/c1-12(26)16-17(18(20)21)24-25(14-8-9-15(22-11-14)29(2,27)28)19(16)23-10-13-6-4-3-5-7-13/h8-9,11,13,18,23H,3-7,10H2,1-2H3. The van der Waals surface area contributed by atoms with Crippen LogP contribution < -0.4 is 5.32 Å². The van der Waals surface area contributed by atoms with E-state index in [4.69, 9.17) is 0 Å². The van der Waals surface area contributed by atoms with Gasteiger partial charge in [-0.25, -0.2) is 26.9 Å². The maximum Gasteiger partial charge on any atom is 0.282 e. The minimum absolute atomic E-state index is 0.133. The van der Waals surface area contributed by atoms with E-state index in [1.807, 2.05) is 0 Å². The van der Waals surface area contributed by atoms with Crippen molar-refractivity contribution in [3.8, 4) is 5.69 Å². The predicted octanol–water partition coefficient (Wildman–Crippen LogP) is 3.80. The Morgan fingerprint density at radius 3 is 2.48 bits per heavy atom. The van der Waals surface area contributed by atoms with Crippen molar-refractivity contribution in [3.05, 3.63) is 29.6 Å². The summed E-state index contributed by atoms with van der Waals surface area (Å²) >= 11 is 0. The molecule has 1 saturated carbocycles. The lowest BCUT2D eigenvalue weighted by Crippen LogP contribution is -2.20. The number of Topliss-reactive ketones (excluding diaryl/α,β-unsaturated/α-hetero) is 1. The first kappa shape index (κ1) is 21.4. The maximum atomic E-state index is 13.6. The first-order chi connectivity index (χ1) is 13.7. The smallest absolute Gasteiger partial charge is 0.282 e. The molecule has 3 rings (SSSR count). The highest BCUT2D eigenvalue weighted by molar-refractivity contribution is 7.90. The Hall–Kier alpha value is -2.36. The first-order valence-electron chi connectivity index (χ1n) is 9.51. The molecule has 0 saturated heterocycles. The molecule has 2 heterocycles. The Morgan fingerprint density at radius 2 is 1.97 bits per heavy atom. The molecule has 10 heteroatoms. The molecule has 1 aliphatic carbocycles. The topological polar surface area (TPSA) is 94.0 Å². The summed E-state index contributed by atoms with van der Waals surface area (Å²) in [6.07, 6.45) is 4.90. The van der Waals surface area contributed by atoms with Gasteiger partial charge in [0.1, 0.15) is 11.5 Å². The van der Waals surface area contributed by atoms with Gasteiger partial charge in [-0.1, -0.05) is 19.3 Å². The molecule has 1 fully saturated rings. The molecule has 0 amide bonds. The summed E-state index contributed by atoms with van der Waals surface area (Å²) in [6, 6.07) is 2.72. The van der Waals surface area contributed by atoms with E-state index in [1.54, 1.807) is 0 Å². The molecule has 0 spiro atoms. The van der Waals surface area contributed by atoms with Crippen LogP contribution >= 0.6 is 0 Å². The molecule has 2 aromatic heterocycles. The molecule has 0 bridgehead atoms. The van der Waals surface area contributed by atoms with Crippen molar-refractivity contribution >= 4 is 21.4 Å². The predicted molar refractivity (Wildman–Crippen MR) is 104 cm³/mol. The second-order valence-electron chi connectivity index (χ2n) is 7.39. The molecule has 1 aliphatic rings. The number of hydrogen-bond donors (Lipinski definition) is 1. The lowest BCUT2D eigenvalue weighted by atomic mass is 9.89. The molecule has 0 aromatic carbocycles. The van der Waals surface area contributed by atoms with Crippen molar-refractivity contribution in [2.45, 2.75) is 50.5 Å². The van der Waals surface area contributed by atoms with Crippen LogP contribution in [-0.4, -0.2) is 41.8 Å². The summed E-state index contributed by atoms with van der Waals surface area (Å²) in [5, 5.41) is 6.97. The number of nitrogens with one attached hydrogen (secondary N) is 1. The fourth-order valence-electron chi connectivity index (χ4n) is 3.63. The van der Waals surface area contributed by atoms with Crippen LogP contribution in [-0.2, 0) is 9.84 Å². The number of anilines is 1. The number of nitrogens with zero attached hydrogens (tertiary/aromatic N) is 3. The van der Waals surface area contributed by atoms with Crippen LogP contribution in [0.1, 0.15) is 61.5 Å². The summed E-state index contributed by atoms with van der Waals surface area (Å²) < 4.78 is 51.6. The summed E-state index contributed by atoms with van der Waals surface area (Å²) in [7, 11) is -3.50. The molecular weight excluding hydrogens is 402 g/mol. The zero-order valence-electron chi connectivity index (χ0n) is 16.4. The van der Waals surface area contributed by atoms with Crippen LogP contribution in [0.4, 0.5) is 14.6 Å². The largest absolute Gasteiger partial charge is 0.369 e. The molecule has 0 unspecified atom stereocenters. The fraction of sp³-hybridized carbons (Fsp3) is 0.526. The van der Waals surface area contributed by atoms with E-state index in [0.717, 1.165) is 31.9 Å². The van der Waals surface area contributed by atoms with E-state index in [2.05, 4.69) is 15.4 Å². The van der Waals surface area contributed by atoms with E-state index in [9.17, 15) is 22.0 Å². The molecule has 0 aliphatic heterocycles. The molecule has 29 heavy (non-hydrogen) atoms. The van der Waals surface area contributed by atoms with Crippen molar-refractivity contribution in [3.63, 3.8) is 0 Å². The van der Waals surface area contributed by atoms with Gasteiger partial charge in [-0.2, -0.15) is 5.10 Å². The number of halogens is 2. The minimum atomic E-state index is -3.50. The fourth-order valence-corrected chi connectivity index (χ4v) is 4.19.